The van der Waals surface area contributed by atoms with Crippen LogP contribution in [-0.4, -0.2) is 22.6 Å². The second-order valence-electron chi connectivity index (χ2n) is 5.18. The number of piperidine rings is 1. The zero-order valence-corrected chi connectivity index (χ0v) is 10.9. The number of hydrogen-bond acceptors (Lipinski definition) is 3. The molecule has 1 unspecified atom stereocenters. The fourth-order valence-corrected chi connectivity index (χ4v) is 2.32. The number of aromatic nitrogens is 2. The van der Waals surface area contributed by atoms with Crippen molar-refractivity contribution < 1.29 is 0 Å². The van der Waals surface area contributed by atoms with Crippen molar-refractivity contribution in [2.24, 2.45) is 0 Å². The molecule has 4 nitrogen and oxygen atoms in total. The van der Waals surface area contributed by atoms with Crippen LogP contribution in [0.3, 0.4) is 0 Å². The predicted octanol–water partition coefficient (Wildman–Crippen LogP) is 2.27. The predicted molar refractivity (Wildman–Crippen MR) is 69.6 cm³/mol. The Bertz CT molecular complexity index is 439. The first kappa shape index (κ1) is 12.1. The molecule has 2 rings (SSSR count). The maximum Gasteiger partial charge on any atom is 0.252 e. The number of H-pyrrole nitrogens is 1. The van der Waals surface area contributed by atoms with Crippen LogP contribution in [0, 0.1) is 0 Å². The van der Waals surface area contributed by atoms with Gasteiger partial charge in [0.15, 0.2) is 0 Å². The number of hydrogen-bond donors (Lipinski definition) is 1. The Morgan fingerprint density at radius 1 is 1.47 bits per heavy atom. The summed E-state index contributed by atoms with van der Waals surface area (Å²) in [5, 5.41) is 0. The van der Waals surface area contributed by atoms with Crippen molar-refractivity contribution in [1.82, 2.24) is 9.97 Å². The molecule has 1 aromatic heterocycles. The highest BCUT2D eigenvalue weighted by atomic mass is 16.1. The van der Waals surface area contributed by atoms with Crippen LogP contribution in [0.15, 0.2) is 10.9 Å². The summed E-state index contributed by atoms with van der Waals surface area (Å²) >= 11 is 0. The number of nitrogens with one attached hydrogen (secondary N) is 1. The molecule has 2 heterocycles. The molecule has 94 valence electrons. The van der Waals surface area contributed by atoms with Gasteiger partial charge in [-0.2, -0.15) is 0 Å². The van der Waals surface area contributed by atoms with Gasteiger partial charge in [-0.05, 0) is 26.2 Å². The van der Waals surface area contributed by atoms with Gasteiger partial charge in [0.1, 0.15) is 11.6 Å². The van der Waals surface area contributed by atoms with E-state index in [9.17, 15) is 4.79 Å². The van der Waals surface area contributed by atoms with Crippen LogP contribution in [0.1, 0.15) is 51.8 Å². The second kappa shape index (κ2) is 4.90. The third-order valence-corrected chi connectivity index (χ3v) is 3.39. The molecule has 1 aromatic rings. The molecule has 1 N–H and O–H groups in total. The molecule has 1 aliphatic heterocycles. The minimum absolute atomic E-state index is 0.0449. The monoisotopic (exact) mass is 235 g/mol. The van der Waals surface area contributed by atoms with Gasteiger partial charge < -0.3 is 9.88 Å². The molecular weight excluding hydrogens is 214 g/mol. The number of anilines is 1. The summed E-state index contributed by atoms with van der Waals surface area (Å²) in [7, 11) is 0. The molecule has 17 heavy (non-hydrogen) atoms. The highest BCUT2D eigenvalue weighted by Crippen LogP contribution is 2.22. The van der Waals surface area contributed by atoms with Gasteiger partial charge in [0.05, 0.1) is 0 Å². The first-order valence-corrected chi connectivity index (χ1v) is 6.46. The van der Waals surface area contributed by atoms with Gasteiger partial charge in [-0.1, -0.05) is 13.8 Å². The molecule has 0 radical (unpaired) electrons. The molecule has 0 spiro atoms. The maximum atomic E-state index is 11.6. The Kier molecular flexibility index (Phi) is 3.50. The standard InChI is InChI=1S/C13H21N3O/c1-9(2)13-14-11(8-12(17)15-13)16-7-5-4-6-10(16)3/h8-10H,4-7H2,1-3H3,(H,14,15,17). The molecule has 0 aliphatic carbocycles. The Labute approximate surface area is 102 Å². The summed E-state index contributed by atoms with van der Waals surface area (Å²) in [4.78, 5) is 21.3. The van der Waals surface area contributed by atoms with E-state index in [2.05, 4.69) is 21.8 Å². The third kappa shape index (κ3) is 2.68. The Morgan fingerprint density at radius 3 is 2.88 bits per heavy atom. The number of nitrogens with zero attached hydrogens (tertiary/aromatic N) is 2. The average Bonchev–Trinajstić information content (AvgIpc) is 2.28. The lowest BCUT2D eigenvalue weighted by atomic mass is 10.0. The van der Waals surface area contributed by atoms with E-state index in [0.29, 0.717) is 6.04 Å². The van der Waals surface area contributed by atoms with E-state index in [1.54, 1.807) is 6.07 Å². The van der Waals surface area contributed by atoms with Gasteiger partial charge in [0, 0.05) is 24.6 Å². The van der Waals surface area contributed by atoms with Crippen LogP contribution >= 0.6 is 0 Å². The van der Waals surface area contributed by atoms with Crippen LogP contribution in [0.5, 0.6) is 0 Å². The summed E-state index contributed by atoms with van der Waals surface area (Å²) in [5.74, 6) is 1.87. The van der Waals surface area contributed by atoms with Crippen molar-refractivity contribution in [3.8, 4) is 0 Å². The van der Waals surface area contributed by atoms with Crippen LogP contribution in [-0.2, 0) is 0 Å². The summed E-state index contributed by atoms with van der Waals surface area (Å²) in [6.07, 6.45) is 3.65. The van der Waals surface area contributed by atoms with Gasteiger partial charge in [-0.15, -0.1) is 0 Å². The first-order valence-electron chi connectivity index (χ1n) is 6.46. The third-order valence-electron chi connectivity index (χ3n) is 3.39. The Morgan fingerprint density at radius 2 is 2.24 bits per heavy atom. The van der Waals surface area contributed by atoms with Crippen molar-refractivity contribution in [3.05, 3.63) is 22.2 Å². The van der Waals surface area contributed by atoms with Crippen molar-refractivity contribution in [2.45, 2.75) is 52.0 Å². The molecule has 0 amide bonds. The SMILES string of the molecule is CC(C)c1nc(N2CCCCC2C)cc(=O)[nH]1. The average molecular weight is 235 g/mol. The highest BCUT2D eigenvalue weighted by molar-refractivity contribution is 5.39. The molecule has 0 bridgehead atoms. The molecule has 0 aromatic carbocycles. The van der Waals surface area contributed by atoms with Crippen LogP contribution in [0.4, 0.5) is 5.82 Å². The smallest absolute Gasteiger partial charge is 0.252 e. The molecule has 1 saturated heterocycles. The second-order valence-corrected chi connectivity index (χ2v) is 5.18. The van der Waals surface area contributed by atoms with Gasteiger partial charge in [-0.25, -0.2) is 4.98 Å². The van der Waals surface area contributed by atoms with E-state index in [1.165, 1.54) is 19.3 Å². The van der Waals surface area contributed by atoms with E-state index >= 15 is 0 Å². The van der Waals surface area contributed by atoms with E-state index < -0.39 is 0 Å². The zero-order chi connectivity index (χ0) is 12.4. The van der Waals surface area contributed by atoms with Crippen LogP contribution in [0.2, 0.25) is 0 Å². The number of aromatic amines is 1. The van der Waals surface area contributed by atoms with E-state index in [0.717, 1.165) is 18.2 Å². The van der Waals surface area contributed by atoms with E-state index in [1.807, 2.05) is 13.8 Å². The fourth-order valence-electron chi connectivity index (χ4n) is 2.32. The summed E-state index contributed by atoms with van der Waals surface area (Å²) in [6.45, 7) is 7.30. The van der Waals surface area contributed by atoms with E-state index in [-0.39, 0.29) is 11.5 Å². The van der Waals surface area contributed by atoms with Crippen molar-refractivity contribution in [3.63, 3.8) is 0 Å². The van der Waals surface area contributed by atoms with Crippen molar-refractivity contribution in [2.75, 3.05) is 11.4 Å². The summed E-state index contributed by atoms with van der Waals surface area (Å²) < 4.78 is 0. The highest BCUT2D eigenvalue weighted by Gasteiger charge is 2.20. The minimum Gasteiger partial charge on any atom is -0.354 e. The quantitative estimate of drug-likeness (QED) is 0.855. The van der Waals surface area contributed by atoms with Crippen molar-refractivity contribution >= 4 is 5.82 Å². The lowest BCUT2D eigenvalue weighted by Crippen LogP contribution is -2.38. The largest absolute Gasteiger partial charge is 0.354 e. The normalized spacial score (nSPS) is 20.9. The van der Waals surface area contributed by atoms with Crippen LogP contribution < -0.4 is 10.5 Å². The molecule has 0 saturated carbocycles. The molecule has 1 fully saturated rings. The molecular formula is C13H21N3O. The van der Waals surface area contributed by atoms with Gasteiger partial charge in [-0.3, -0.25) is 4.79 Å². The summed E-state index contributed by atoms with van der Waals surface area (Å²) in [5.41, 5.74) is -0.0449. The van der Waals surface area contributed by atoms with Gasteiger partial charge in [0.25, 0.3) is 5.56 Å². The Hall–Kier alpha value is -1.32. The fraction of sp³-hybridized carbons (Fsp3) is 0.692. The lowest BCUT2D eigenvalue weighted by Gasteiger charge is -2.34. The lowest BCUT2D eigenvalue weighted by molar-refractivity contribution is 0.479. The van der Waals surface area contributed by atoms with Crippen LogP contribution in [0.25, 0.3) is 0 Å². The topological polar surface area (TPSA) is 49.0 Å². The molecule has 4 heteroatoms. The first-order chi connectivity index (χ1) is 8.08. The van der Waals surface area contributed by atoms with Crippen molar-refractivity contribution in [1.29, 1.82) is 0 Å². The zero-order valence-electron chi connectivity index (χ0n) is 10.9. The molecule has 1 aliphatic rings. The minimum atomic E-state index is -0.0449. The number of rotatable bonds is 2. The van der Waals surface area contributed by atoms with Gasteiger partial charge in [0.2, 0.25) is 0 Å². The Balaban J connectivity index is 2.34. The summed E-state index contributed by atoms with van der Waals surface area (Å²) in [6, 6.07) is 2.10. The maximum absolute atomic E-state index is 11.6. The van der Waals surface area contributed by atoms with E-state index in [4.69, 9.17) is 0 Å². The van der Waals surface area contributed by atoms with Gasteiger partial charge >= 0.3 is 0 Å². The molecule has 1 atom stereocenters.